The van der Waals surface area contributed by atoms with E-state index < -0.39 is 8.56 Å². The molecule has 1 aliphatic heterocycles. The normalized spacial score (nSPS) is 18.7. The molecule has 0 aliphatic carbocycles. The van der Waals surface area contributed by atoms with Crippen molar-refractivity contribution in [3.05, 3.63) is 0 Å². The maximum Gasteiger partial charge on any atom is 0.337 e. The van der Waals surface area contributed by atoms with Crippen LogP contribution >= 0.6 is 0 Å². The largest absolute Gasteiger partial charge is 0.394 e. The van der Waals surface area contributed by atoms with Crippen LogP contribution in [0.5, 0.6) is 0 Å². The molecule has 1 rings (SSSR count). The summed E-state index contributed by atoms with van der Waals surface area (Å²) < 4.78 is 12.2. The lowest BCUT2D eigenvalue weighted by molar-refractivity contribution is 0.133. The molecule has 0 N–H and O–H groups in total. The van der Waals surface area contributed by atoms with E-state index in [9.17, 15) is 0 Å². The molecule has 1 fully saturated rings. The smallest absolute Gasteiger partial charge is 0.337 e. The number of rotatable bonds is 11. The van der Waals surface area contributed by atoms with Crippen molar-refractivity contribution >= 4 is 8.56 Å². The molecule has 0 aromatic rings. The highest BCUT2D eigenvalue weighted by Gasteiger charge is 2.36. The molecule has 0 saturated carbocycles. The number of hydrogen-bond donors (Lipinski definition) is 0. The van der Waals surface area contributed by atoms with Crippen molar-refractivity contribution in [3.63, 3.8) is 0 Å². The van der Waals surface area contributed by atoms with Crippen molar-refractivity contribution in [2.45, 2.75) is 65.7 Å². The molecule has 0 amide bonds. The highest BCUT2D eigenvalue weighted by Crippen LogP contribution is 2.25. The summed E-state index contributed by atoms with van der Waals surface area (Å²) in [5, 5.41) is 0. The summed E-state index contributed by atoms with van der Waals surface area (Å²) in [5.41, 5.74) is 0. The molecule has 0 aromatic heterocycles. The number of likely N-dealkylation sites (N-methyl/N-ethyl adjacent to an activating group) is 2. The van der Waals surface area contributed by atoms with Gasteiger partial charge in [0.25, 0.3) is 0 Å². The van der Waals surface area contributed by atoms with Crippen molar-refractivity contribution in [2.24, 2.45) is 0 Å². The summed E-state index contributed by atoms with van der Waals surface area (Å²) in [6.45, 7) is 17.3. The Hall–Kier alpha value is 0.0569. The van der Waals surface area contributed by atoms with Gasteiger partial charge in [-0.3, -0.25) is 9.80 Å². The summed E-state index contributed by atoms with van der Waals surface area (Å²) in [6.07, 6.45) is 3.10. The van der Waals surface area contributed by atoms with Crippen LogP contribution < -0.4 is 0 Å². The molecule has 0 spiro atoms. The van der Waals surface area contributed by atoms with Gasteiger partial charge in [0.05, 0.1) is 6.17 Å². The van der Waals surface area contributed by atoms with Gasteiger partial charge in [0, 0.05) is 26.3 Å². The van der Waals surface area contributed by atoms with Crippen LogP contribution in [0, 0.1) is 0 Å². The summed E-state index contributed by atoms with van der Waals surface area (Å²) in [4.78, 5) is 5.22. The minimum Gasteiger partial charge on any atom is -0.394 e. The minimum atomic E-state index is -1.94. The minimum absolute atomic E-state index is 0.631. The highest BCUT2D eigenvalue weighted by molar-refractivity contribution is 6.67. The second-order valence-corrected chi connectivity index (χ2v) is 9.37. The Labute approximate surface area is 133 Å². The van der Waals surface area contributed by atoms with E-state index in [0.717, 1.165) is 38.4 Å². The first-order chi connectivity index (χ1) is 10.2. The van der Waals surface area contributed by atoms with E-state index in [1.807, 2.05) is 0 Å². The number of hydrogen-bond acceptors (Lipinski definition) is 4. The summed E-state index contributed by atoms with van der Waals surface area (Å²) in [5.74, 6) is 0. The molecule has 0 atom stereocenters. The lowest BCUT2D eigenvalue weighted by Crippen LogP contribution is -2.43. The van der Waals surface area contributed by atoms with Crippen LogP contribution in [0.1, 0.15) is 47.5 Å². The molecule has 0 unspecified atom stereocenters. The predicted octanol–water partition coefficient (Wildman–Crippen LogP) is 3.29. The molecular weight excluding hydrogens is 280 g/mol. The molecule has 0 bridgehead atoms. The molecule has 1 saturated heterocycles. The fraction of sp³-hybridized carbons (Fsp3) is 1.00. The van der Waals surface area contributed by atoms with Crippen molar-refractivity contribution in [1.29, 1.82) is 0 Å². The standard InChI is InChI=1S/C16H36N2O2Si/c1-6-17-13-14-18(7-2)16(17)12-11-15-21(10-5,19-8-3)20-9-4/h16H,6-15H2,1-5H3. The second-order valence-electron chi connectivity index (χ2n) is 5.76. The van der Waals surface area contributed by atoms with Gasteiger partial charge in [-0.25, -0.2) is 0 Å². The third-order valence-electron chi connectivity index (χ3n) is 4.70. The predicted molar refractivity (Wildman–Crippen MR) is 91.8 cm³/mol. The first-order valence-electron chi connectivity index (χ1n) is 8.92. The van der Waals surface area contributed by atoms with Crippen molar-refractivity contribution in [3.8, 4) is 0 Å². The second kappa shape index (κ2) is 9.95. The molecule has 4 nitrogen and oxygen atoms in total. The molecule has 1 aliphatic rings. The SMILES string of the molecule is CCO[Si](CC)(CCCC1N(CC)CCN1CC)OCC. The topological polar surface area (TPSA) is 24.9 Å². The van der Waals surface area contributed by atoms with Gasteiger partial charge in [-0.05, 0) is 51.9 Å². The van der Waals surface area contributed by atoms with E-state index >= 15 is 0 Å². The first kappa shape index (κ1) is 19.1. The van der Waals surface area contributed by atoms with E-state index in [4.69, 9.17) is 8.85 Å². The molecule has 126 valence electrons. The third kappa shape index (κ3) is 5.32. The molecule has 1 heterocycles. The van der Waals surface area contributed by atoms with Crippen molar-refractivity contribution < 1.29 is 8.85 Å². The van der Waals surface area contributed by atoms with Crippen LogP contribution in [0.15, 0.2) is 0 Å². The molecule has 5 heteroatoms. The van der Waals surface area contributed by atoms with Gasteiger partial charge >= 0.3 is 8.56 Å². The molecule has 0 radical (unpaired) electrons. The van der Waals surface area contributed by atoms with E-state index in [1.165, 1.54) is 25.9 Å². The summed E-state index contributed by atoms with van der Waals surface area (Å²) in [6, 6.07) is 2.20. The van der Waals surface area contributed by atoms with Gasteiger partial charge in [-0.2, -0.15) is 0 Å². The number of nitrogens with zero attached hydrogens (tertiary/aromatic N) is 2. The van der Waals surface area contributed by atoms with Crippen molar-refractivity contribution in [1.82, 2.24) is 9.80 Å². The Kier molecular flexibility index (Phi) is 9.05. The highest BCUT2D eigenvalue weighted by atomic mass is 28.4. The zero-order chi connectivity index (χ0) is 15.7. The van der Waals surface area contributed by atoms with E-state index in [1.54, 1.807) is 0 Å². The third-order valence-corrected chi connectivity index (χ3v) is 8.53. The molecule has 21 heavy (non-hydrogen) atoms. The first-order valence-corrected chi connectivity index (χ1v) is 11.1. The average molecular weight is 317 g/mol. The van der Waals surface area contributed by atoms with Crippen molar-refractivity contribution in [2.75, 3.05) is 39.4 Å². The zero-order valence-electron chi connectivity index (χ0n) is 14.9. The van der Waals surface area contributed by atoms with E-state index in [-0.39, 0.29) is 0 Å². The van der Waals surface area contributed by atoms with Crippen LogP contribution in [0.3, 0.4) is 0 Å². The Morgan fingerprint density at radius 3 is 1.81 bits per heavy atom. The van der Waals surface area contributed by atoms with Crippen LogP contribution in [0.25, 0.3) is 0 Å². The maximum atomic E-state index is 6.08. The fourth-order valence-corrected chi connectivity index (χ4v) is 6.46. The van der Waals surface area contributed by atoms with Gasteiger partial charge < -0.3 is 8.85 Å². The van der Waals surface area contributed by atoms with E-state index in [0.29, 0.717) is 6.17 Å². The Bertz CT molecular complexity index is 261. The lowest BCUT2D eigenvalue weighted by atomic mass is 10.2. The quantitative estimate of drug-likeness (QED) is 0.546. The van der Waals surface area contributed by atoms with Gasteiger partial charge in [0.15, 0.2) is 0 Å². The van der Waals surface area contributed by atoms with E-state index in [2.05, 4.69) is 44.4 Å². The Morgan fingerprint density at radius 1 is 0.905 bits per heavy atom. The van der Waals surface area contributed by atoms with Gasteiger partial charge in [0.2, 0.25) is 0 Å². The van der Waals surface area contributed by atoms with Crippen LogP contribution in [0.4, 0.5) is 0 Å². The molecule has 0 aromatic carbocycles. The fourth-order valence-electron chi connectivity index (χ4n) is 3.54. The Balaban J connectivity index is 2.51. The van der Waals surface area contributed by atoms with Crippen LogP contribution in [0.2, 0.25) is 12.1 Å². The summed E-state index contributed by atoms with van der Waals surface area (Å²) in [7, 11) is -1.94. The maximum absolute atomic E-state index is 6.08. The summed E-state index contributed by atoms with van der Waals surface area (Å²) >= 11 is 0. The Morgan fingerprint density at radius 2 is 1.43 bits per heavy atom. The lowest BCUT2D eigenvalue weighted by Gasteiger charge is -2.32. The average Bonchev–Trinajstić information content (AvgIpc) is 2.89. The van der Waals surface area contributed by atoms with Gasteiger partial charge in [-0.15, -0.1) is 0 Å². The zero-order valence-corrected chi connectivity index (χ0v) is 15.9. The van der Waals surface area contributed by atoms with Crippen LogP contribution in [-0.4, -0.2) is 63.9 Å². The van der Waals surface area contributed by atoms with Gasteiger partial charge in [0.1, 0.15) is 0 Å². The van der Waals surface area contributed by atoms with Gasteiger partial charge in [-0.1, -0.05) is 20.8 Å². The monoisotopic (exact) mass is 316 g/mol. The van der Waals surface area contributed by atoms with Crippen LogP contribution in [-0.2, 0) is 8.85 Å². The molecular formula is C16H36N2O2Si.